The molecule has 3 rings (SSSR count). The highest BCUT2D eigenvalue weighted by atomic mass is 32.1. The molecule has 2 aromatic rings. The Labute approximate surface area is 138 Å². The molecule has 0 aromatic carbocycles. The minimum Gasteiger partial charge on any atom is -0.481 e. The fourth-order valence-electron chi connectivity index (χ4n) is 2.62. The number of nitrogens with zero attached hydrogens (tertiary/aromatic N) is 4. The molecule has 1 amide bonds. The van der Waals surface area contributed by atoms with E-state index in [1.54, 1.807) is 13.2 Å². The summed E-state index contributed by atoms with van der Waals surface area (Å²) in [6.07, 6.45) is 0.877. The van der Waals surface area contributed by atoms with Crippen LogP contribution in [0.15, 0.2) is 22.9 Å². The maximum absolute atomic E-state index is 12.5. The molecule has 0 bridgehead atoms. The van der Waals surface area contributed by atoms with Crippen molar-refractivity contribution >= 4 is 29.0 Å². The van der Waals surface area contributed by atoms with E-state index in [0.717, 1.165) is 30.9 Å². The average Bonchev–Trinajstić information content (AvgIpc) is 2.98. The largest absolute Gasteiger partial charge is 0.481 e. The normalized spacial score (nSPS) is 15.3. The summed E-state index contributed by atoms with van der Waals surface area (Å²) >= 11 is 1.54. The second-order valence-electron chi connectivity index (χ2n) is 5.27. The summed E-state index contributed by atoms with van der Waals surface area (Å²) in [4.78, 5) is 24.7. The van der Waals surface area contributed by atoms with Gasteiger partial charge in [-0.15, -0.1) is 0 Å². The number of nitrogen functional groups attached to an aromatic ring is 1. The molecule has 0 unspecified atom stereocenters. The van der Waals surface area contributed by atoms with Crippen LogP contribution in [0.4, 0.5) is 11.8 Å². The topological polar surface area (TPSA) is 84.6 Å². The highest BCUT2D eigenvalue weighted by Crippen LogP contribution is 2.20. The maximum atomic E-state index is 12.5. The Bertz CT molecular complexity index is 677. The van der Waals surface area contributed by atoms with Gasteiger partial charge in [-0.05, 0) is 17.9 Å². The molecular formula is C15H19N5O2S. The zero-order valence-electron chi connectivity index (χ0n) is 12.9. The Kier molecular flexibility index (Phi) is 4.61. The molecule has 2 aromatic heterocycles. The predicted molar refractivity (Wildman–Crippen MR) is 90.0 cm³/mol. The summed E-state index contributed by atoms with van der Waals surface area (Å²) in [5.41, 5.74) is 6.49. The van der Waals surface area contributed by atoms with Crippen molar-refractivity contribution in [2.24, 2.45) is 0 Å². The van der Waals surface area contributed by atoms with E-state index in [2.05, 4.69) is 14.9 Å². The zero-order valence-corrected chi connectivity index (χ0v) is 13.8. The molecular weight excluding hydrogens is 314 g/mol. The van der Waals surface area contributed by atoms with Crippen molar-refractivity contribution < 1.29 is 9.53 Å². The number of carbonyl (C=O) groups excluding carboxylic acids is 1. The Balaban J connectivity index is 1.71. The molecule has 7 nitrogen and oxygen atoms in total. The monoisotopic (exact) mass is 333 g/mol. The smallest absolute Gasteiger partial charge is 0.254 e. The van der Waals surface area contributed by atoms with Gasteiger partial charge in [-0.3, -0.25) is 4.79 Å². The van der Waals surface area contributed by atoms with Crippen molar-refractivity contribution in [1.29, 1.82) is 0 Å². The standard InChI is InChI=1S/C15H19N5O2S/c1-22-13-9-12(17-15(16)18-13)19-4-2-5-20(7-6-19)14(21)11-3-8-23-10-11/h3,8-10H,2,4-7H2,1H3,(H2,16,17,18). The van der Waals surface area contributed by atoms with E-state index in [1.807, 2.05) is 21.7 Å². The van der Waals surface area contributed by atoms with Gasteiger partial charge in [0.05, 0.1) is 12.7 Å². The molecule has 23 heavy (non-hydrogen) atoms. The number of ether oxygens (including phenoxy) is 1. The lowest BCUT2D eigenvalue weighted by molar-refractivity contribution is 0.0767. The van der Waals surface area contributed by atoms with Crippen LogP contribution < -0.4 is 15.4 Å². The first-order valence-corrected chi connectivity index (χ1v) is 8.36. The SMILES string of the molecule is COc1cc(N2CCCN(C(=O)c3ccsc3)CC2)nc(N)n1. The van der Waals surface area contributed by atoms with Crippen molar-refractivity contribution in [2.75, 3.05) is 43.9 Å². The fraction of sp³-hybridized carbons (Fsp3) is 0.400. The molecule has 0 saturated carbocycles. The minimum absolute atomic E-state index is 0.0906. The number of anilines is 2. The molecule has 8 heteroatoms. The molecule has 122 valence electrons. The van der Waals surface area contributed by atoms with Crippen LogP contribution in [0.3, 0.4) is 0 Å². The summed E-state index contributed by atoms with van der Waals surface area (Å²) in [5.74, 6) is 1.46. The van der Waals surface area contributed by atoms with Crippen LogP contribution in [0.2, 0.25) is 0 Å². The first kappa shape index (κ1) is 15.5. The molecule has 0 radical (unpaired) electrons. The number of amides is 1. The number of hydrogen-bond acceptors (Lipinski definition) is 7. The lowest BCUT2D eigenvalue weighted by Crippen LogP contribution is -2.35. The van der Waals surface area contributed by atoms with Crippen molar-refractivity contribution in [3.8, 4) is 5.88 Å². The fourth-order valence-corrected chi connectivity index (χ4v) is 3.24. The van der Waals surface area contributed by atoms with Crippen LogP contribution in [0, 0.1) is 0 Å². The van der Waals surface area contributed by atoms with Gasteiger partial charge in [0.15, 0.2) is 0 Å². The minimum atomic E-state index is 0.0906. The van der Waals surface area contributed by atoms with E-state index < -0.39 is 0 Å². The van der Waals surface area contributed by atoms with Crippen LogP contribution >= 0.6 is 11.3 Å². The summed E-state index contributed by atoms with van der Waals surface area (Å²) in [7, 11) is 1.55. The van der Waals surface area contributed by atoms with E-state index >= 15 is 0 Å². The highest BCUT2D eigenvalue weighted by Gasteiger charge is 2.21. The van der Waals surface area contributed by atoms with E-state index in [4.69, 9.17) is 10.5 Å². The number of hydrogen-bond donors (Lipinski definition) is 1. The molecule has 1 saturated heterocycles. The lowest BCUT2D eigenvalue weighted by atomic mass is 10.3. The summed E-state index contributed by atoms with van der Waals surface area (Å²) in [5, 5.41) is 3.81. The van der Waals surface area contributed by atoms with Gasteiger partial charge < -0.3 is 20.3 Å². The van der Waals surface area contributed by atoms with Gasteiger partial charge in [0, 0.05) is 37.6 Å². The second kappa shape index (κ2) is 6.82. The number of aromatic nitrogens is 2. The Morgan fingerprint density at radius 2 is 2.17 bits per heavy atom. The third-order valence-electron chi connectivity index (χ3n) is 3.79. The Hall–Kier alpha value is -2.35. The van der Waals surface area contributed by atoms with Crippen molar-refractivity contribution in [3.63, 3.8) is 0 Å². The highest BCUT2D eigenvalue weighted by molar-refractivity contribution is 7.08. The number of thiophene rings is 1. The third kappa shape index (κ3) is 3.53. The maximum Gasteiger partial charge on any atom is 0.254 e. The zero-order chi connectivity index (χ0) is 16.2. The molecule has 1 aliphatic rings. The van der Waals surface area contributed by atoms with Gasteiger partial charge in [0.1, 0.15) is 5.82 Å². The summed E-state index contributed by atoms with van der Waals surface area (Å²) in [6, 6.07) is 3.64. The summed E-state index contributed by atoms with van der Waals surface area (Å²) < 4.78 is 5.14. The molecule has 3 heterocycles. The molecule has 0 atom stereocenters. The number of carbonyl (C=O) groups is 1. The lowest BCUT2D eigenvalue weighted by Gasteiger charge is -2.23. The van der Waals surface area contributed by atoms with Crippen molar-refractivity contribution in [2.45, 2.75) is 6.42 Å². The van der Waals surface area contributed by atoms with Crippen LogP contribution in [0.5, 0.6) is 5.88 Å². The van der Waals surface area contributed by atoms with Crippen molar-refractivity contribution in [3.05, 3.63) is 28.5 Å². The van der Waals surface area contributed by atoms with Gasteiger partial charge in [-0.25, -0.2) is 0 Å². The van der Waals surface area contributed by atoms with Crippen LogP contribution in [0.25, 0.3) is 0 Å². The first-order valence-electron chi connectivity index (χ1n) is 7.42. The van der Waals surface area contributed by atoms with Crippen LogP contribution in [-0.2, 0) is 0 Å². The van der Waals surface area contributed by atoms with E-state index in [-0.39, 0.29) is 11.9 Å². The number of rotatable bonds is 3. The number of methoxy groups -OCH3 is 1. The quantitative estimate of drug-likeness (QED) is 0.916. The Morgan fingerprint density at radius 3 is 2.91 bits per heavy atom. The van der Waals surface area contributed by atoms with Crippen LogP contribution in [-0.4, -0.2) is 54.1 Å². The Morgan fingerprint density at radius 1 is 1.30 bits per heavy atom. The molecule has 1 fully saturated rings. The van der Waals surface area contributed by atoms with E-state index in [0.29, 0.717) is 19.0 Å². The predicted octanol–water partition coefficient (Wildman–Crippen LogP) is 1.48. The van der Waals surface area contributed by atoms with Gasteiger partial charge in [-0.2, -0.15) is 21.3 Å². The first-order chi connectivity index (χ1) is 11.2. The van der Waals surface area contributed by atoms with Gasteiger partial charge in [-0.1, -0.05) is 0 Å². The van der Waals surface area contributed by atoms with Gasteiger partial charge in [0.25, 0.3) is 5.91 Å². The van der Waals surface area contributed by atoms with Crippen LogP contribution in [0.1, 0.15) is 16.8 Å². The molecule has 2 N–H and O–H groups in total. The average molecular weight is 333 g/mol. The molecule has 0 aliphatic carbocycles. The van der Waals surface area contributed by atoms with Gasteiger partial charge >= 0.3 is 0 Å². The van der Waals surface area contributed by atoms with E-state index in [1.165, 1.54) is 11.3 Å². The third-order valence-corrected chi connectivity index (χ3v) is 4.47. The number of nitrogens with two attached hydrogens (primary N) is 1. The van der Waals surface area contributed by atoms with E-state index in [9.17, 15) is 4.79 Å². The molecule has 1 aliphatic heterocycles. The van der Waals surface area contributed by atoms with Gasteiger partial charge in [0.2, 0.25) is 11.8 Å². The van der Waals surface area contributed by atoms with Crippen molar-refractivity contribution in [1.82, 2.24) is 14.9 Å². The second-order valence-corrected chi connectivity index (χ2v) is 6.05. The molecule has 0 spiro atoms. The summed E-state index contributed by atoms with van der Waals surface area (Å²) in [6.45, 7) is 2.91.